The average molecular weight is 485 g/mol. The number of aromatic nitrogens is 4. The monoisotopic (exact) mass is 485 g/mol. The lowest BCUT2D eigenvalue weighted by Crippen LogP contribution is -2.28. The molecule has 2 aromatic rings. The summed E-state index contributed by atoms with van der Waals surface area (Å²) in [5, 5.41) is 0.436. The van der Waals surface area contributed by atoms with Crippen LogP contribution in [0.2, 0.25) is 0 Å². The molecule has 1 fully saturated rings. The highest BCUT2D eigenvalue weighted by Gasteiger charge is 2.42. The molecule has 0 bridgehead atoms. The zero-order chi connectivity index (χ0) is 22.1. The Labute approximate surface area is 174 Å². The van der Waals surface area contributed by atoms with Crippen LogP contribution in [0.15, 0.2) is 11.5 Å². The fraction of sp³-hybridized carbons (Fsp3) is 0.615. The molecule has 168 valence electrons. The maximum absolute atomic E-state index is 11.3. The van der Waals surface area contributed by atoms with Crippen LogP contribution in [0.25, 0.3) is 11.2 Å². The molecule has 3 atom stereocenters. The topological polar surface area (TPSA) is 212 Å². The predicted molar refractivity (Wildman–Crippen MR) is 104 cm³/mol. The van der Waals surface area contributed by atoms with Crippen LogP contribution in [0.5, 0.6) is 0 Å². The number of nitrogens with two attached hydrogens (primary N) is 1. The van der Waals surface area contributed by atoms with Crippen LogP contribution in [-0.4, -0.2) is 63.7 Å². The molecule has 1 aliphatic heterocycles. The summed E-state index contributed by atoms with van der Waals surface area (Å²) >= 11 is 1.41. The fourth-order valence-corrected chi connectivity index (χ4v) is 4.48. The number of ether oxygens (including phenoxy) is 1. The van der Waals surface area contributed by atoms with Gasteiger partial charge in [0.25, 0.3) is 0 Å². The second kappa shape index (κ2) is 9.17. The molecule has 17 heteroatoms. The lowest BCUT2D eigenvalue weighted by Gasteiger charge is -2.19. The Morgan fingerprint density at radius 2 is 2.03 bits per heavy atom. The number of fused-ring (bicyclic) bond motifs is 1. The molecule has 0 spiro atoms. The standard InChI is InChI=1S/C13H21N5O9P2S/c1-2-3-30-13-16-11(14)10-12(17-13)18(6-15-10)9-4-7(27-29(22,23)24)8(26-9)5-25-28(19,20)21/h6-9H,2-5H2,1H3,(H2,14,16,17)(H2,19,20,21)(H2,22,23,24). The van der Waals surface area contributed by atoms with Crippen molar-refractivity contribution in [3.63, 3.8) is 0 Å². The number of nitrogens with zero attached hydrogens (tertiary/aromatic N) is 4. The molecule has 3 rings (SSSR count). The van der Waals surface area contributed by atoms with Crippen molar-refractivity contribution in [1.82, 2.24) is 19.5 Å². The minimum atomic E-state index is -4.90. The molecule has 30 heavy (non-hydrogen) atoms. The van der Waals surface area contributed by atoms with E-state index in [1.807, 2.05) is 6.92 Å². The second-order valence-corrected chi connectivity index (χ2v) is 9.84. The third kappa shape index (κ3) is 5.98. The van der Waals surface area contributed by atoms with Gasteiger partial charge in [-0.2, -0.15) is 0 Å². The highest BCUT2D eigenvalue weighted by Crippen LogP contribution is 2.45. The first kappa shape index (κ1) is 23.5. The molecule has 0 amide bonds. The molecule has 0 aromatic carbocycles. The van der Waals surface area contributed by atoms with E-state index in [0.29, 0.717) is 16.3 Å². The van der Waals surface area contributed by atoms with Crippen molar-refractivity contribution >= 4 is 44.4 Å². The van der Waals surface area contributed by atoms with E-state index < -0.39 is 40.7 Å². The molecule has 1 saturated heterocycles. The van der Waals surface area contributed by atoms with Crippen LogP contribution >= 0.6 is 27.4 Å². The number of hydrogen-bond acceptors (Lipinski definition) is 10. The SMILES string of the molecule is CCCSc1nc(N)c2ncn(C3CC(OP(=O)(O)O)C(COP(=O)(O)O)O3)c2n1. The summed E-state index contributed by atoms with van der Waals surface area (Å²) < 4.78 is 38.7. The van der Waals surface area contributed by atoms with Gasteiger partial charge in [0.2, 0.25) is 0 Å². The van der Waals surface area contributed by atoms with Gasteiger partial charge in [-0.3, -0.25) is 13.6 Å². The number of phosphoric acid groups is 2. The van der Waals surface area contributed by atoms with E-state index in [1.165, 1.54) is 22.7 Å². The van der Waals surface area contributed by atoms with Gasteiger partial charge in [0, 0.05) is 12.2 Å². The Morgan fingerprint density at radius 1 is 1.30 bits per heavy atom. The minimum Gasteiger partial charge on any atom is -0.382 e. The molecular formula is C13H21N5O9P2S. The first-order valence-electron chi connectivity index (χ1n) is 8.69. The molecule has 14 nitrogen and oxygen atoms in total. The Kier molecular flexibility index (Phi) is 7.19. The van der Waals surface area contributed by atoms with Gasteiger partial charge in [0.1, 0.15) is 24.0 Å². The van der Waals surface area contributed by atoms with Gasteiger partial charge < -0.3 is 30.0 Å². The van der Waals surface area contributed by atoms with Crippen LogP contribution in [0.4, 0.5) is 5.82 Å². The van der Waals surface area contributed by atoms with Gasteiger partial charge in [-0.25, -0.2) is 24.1 Å². The maximum Gasteiger partial charge on any atom is 0.469 e. The lowest BCUT2D eigenvalue weighted by molar-refractivity contribution is -0.0417. The van der Waals surface area contributed by atoms with E-state index in [2.05, 4.69) is 19.5 Å². The summed E-state index contributed by atoms with van der Waals surface area (Å²) in [6, 6.07) is 0. The van der Waals surface area contributed by atoms with Crippen molar-refractivity contribution in [1.29, 1.82) is 0 Å². The third-order valence-corrected chi connectivity index (χ3v) is 6.12. The van der Waals surface area contributed by atoms with E-state index in [1.54, 1.807) is 0 Å². The fourth-order valence-electron chi connectivity index (χ4n) is 2.87. The number of anilines is 1. The summed E-state index contributed by atoms with van der Waals surface area (Å²) in [5.74, 6) is 0.943. The van der Waals surface area contributed by atoms with Gasteiger partial charge >= 0.3 is 15.6 Å². The van der Waals surface area contributed by atoms with Gasteiger partial charge in [-0.05, 0) is 6.42 Å². The molecule has 1 aliphatic rings. The summed E-state index contributed by atoms with van der Waals surface area (Å²) in [5.41, 5.74) is 6.62. The number of hydrogen-bond donors (Lipinski definition) is 5. The highest BCUT2D eigenvalue weighted by atomic mass is 32.2. The Hall–Kier alpha value is -1.12. The van der Waals surface area contributed by atoms with Crippen LogP contribution in [-0.2, 0) is 22.9 Å². The number of thioether (sulfide) groups is 1. The first-order chi connectivity index (χ1) is 14.0. The van der Waals surface area contributed by atoms with Crippen molar-refractivity contribution in [3.8, 4) is 0 Å². The van der Waals surface area contributed by atoms with Gasteiger partial charge in [-0.1, -0.05) is 18.7 Å². The number of phosphoric ester groups is 2. The molecule has 3 unspecified atom stereocenters. The summed E-state index contributed by atoms with van der Waals surface area (Å²) in [4.78, 5) is 48.9. The van der Waals surface area contributed by atoms with Gasteiger partial charge in [0.05, 0.1) is 12.9 Å². The van der Waals surface area contributed by atoms with E-state index >= 15 is 0 Å². The minimum absolute atomic E-state index is 0.0624. The molecule has 0 saturated carbocycles. The van der Waals surface area contributed by atoms with Crippen LogP contribution in [0.3, 0.4) is 0 Å². The third-order valence-electron chi connectivity index (χ3n) is 4.03. The summed E-state index contributed by atoms with van der Waals surface area (Å²) in [6.45, 7) is 1.36. The average Bonchev–Trinajstić information content (AvgIpc) is 3.20. The lowest BCUT2D eigenvalue weighted by atomic mass is 10.2. The molecule has 0 radical (unpaired) electrons. The Morgan fingerprint density at radius 3 is 2.67 bits per heavy atom. The zero-order valence-corrected chi connectivity index (χ0v) is 18.2. The molecule has 0 aliphatic carbocycles. The van der Waals surface area contributed by atoms with E-state index in [0.717, 1.165) is 12.2 Å². The van der Waals surface area contributed by atoms with E-state index in [4.69, 9.17) is 34.6 Å². The summed E-state index contributed by atoms with van der Waals surface area (Å²) in [7, 11) is -9.73. The molecule has 6 N–H and O–H groups in total. The number of nitrogen functional groups attached to an aromatic ring is 1. The first-order valence-corrected chi connectivity index (χ1v) is 12.7. The quantitative estimate of drug-likeness (QED) is 0.189. The molecule has 2 aromatic heterocycles. The van der Waals surface area contributed by atoms with Crippen molar-refractivity contribution in [3.05, 3.63) is 6.33 Å². The zero-order valence-electron chi connectivity index (χ0n) is 15.6. The van der Waals surface area contributed by atoms with Crippen molar-refractivity contribution in [2.75, 3.05) is 18.1 Å². The predicted octanol–water partition coefficient (Wildman–Crippen LogP) is 0.785. The van der Waals surface area contributed by atoms with Crippen LogP contribution in [0.1, 0.15) is 26.0 Å². The normalized spacial score (nSPS) is 22.8. The van der Waals surface area contributed by atoms with E-state index in [9.17, 15) is 9.13 Å². The maximum atomic E-state index is 11.3. The van der Waals surface area contributed by atoms with Gasteiger partial charge in [0.15, 0.2) is 16.6 Å². The highest BCUT2D eigenvalue weighted by molar-refractivity contribution is 7.99. The van der Waals surface area contributed by atoms with Crippen molar-refractivity contribution < 1.29 is 42.5 Å². The molecule has 3 heterocycles. The van der Waals surface area contributed by atoms with E-state index in [-0.39, 0.29) is 12.2 Å². The smallest absolute Gasteiger partial charge is 0.382 e. The van der Waals surface area contributed by atoms with Crippen LogP contribution < -0.4 is 5.73 Å². The largest absolute Gasteiger partial charge is 0.469 e. The van der Waals surface area contributed by atoms with Gasteiger partial charge in [-0.15, -0.1) is 0 Å². The van der Waals surface area contributed by atoms with Crippen molar-refractivity contribution in [2.45, 2.75) is 43.4 Å². The molecular weight excluding hydrogens is 464 g/mol. The number of rotatable bonds is 9. The number of imidazole rings is 1. The summed E-state index contributed by atoms with van der Waals surface area (Å²) in [6.07, 6.45) is -0.994. The second-order valence-electron chi connectivity index (χ2n) is 6.35. The Balaban J connectivity index is 1.88. The van der Waals surface area contributed by atoms with Crippen LogP contribution in [0, 0.1) is 0 Å². The van der Waals surface area contributed by atoms with Crippen molar-refractivity contribution in [2.24, 2.45) is 0 Å². The Bertz CT molecular complexity index is 995.